The normalized spacial score (nSPS) is 13.7. The number of hydrogen-bond donors (Lipinski definition) is 1. The molecule has 1 amide bonds. The molecule has 0 bridgehead atoms. The number of carbonyl (C=O) groups excluding carboxylic acids is 1. The molecule has 11 heteroatoms. The Kier molecular flexibility index (Phi) is 9.53. The van der Waals surface area contributed by atoms with Crippen LogP contribution in [-0.2, 0) is 39.9 Å². The molecular formula is C18H29NO8S2. The molecule has 0 heterocycles. The highest BCUT2D eigenvalue weighted by atomic mass is 32.2. The number of nitrogens with one attached hydrogen (secondary N) is 1. The van der Waals surface area contributed by atoms with Crippen LogP contribution >= 0.6 is 0 Å². The predicted octanol–water partition coefficient (Wildman–Crippen LogP) is 2.04. The summed E-state index contributed by atoms with van der Waals surface area (Å²) >= 11 is 0. The number of rotatable bonds is 11. The topological polar surface area (TPSA) is 125 Å². The molecule has 0 radical (unpaired) electrons. The molecule has 1 rings (SSSR count). The number of alkyl carbamates (subject to hydrolysis) is 1. The van der Waals surface area contributed by atoms with Crippen LogP contribution in [0.15, 0.2) is 30.3 Å². The lowest BCUT2D eigenvalue weighted by molar-refractivity contribution is 0.130. The van der Waals surface area contributed by atoms with Gasteiger partial charge in [0.1, 0.15) is 6.61 Å². The molecule has 166 valence electrons. The third-order valence-electron chi connectivity index (χ3n) is 3.41. The van der Waals surface area contributed by atoms with Gasteiger partial charge >= 0.3 is 6.09 Å². The second-order valence-corrected chi connectivity index (χ2v) is 11.2. The van der Waals surface area contributed by atoms with Gasteiger partial charge in [-0.3, -0.25) is 8.37 Å². The molecule has 0 aromatic heterocycles. The van der Waals surface area contributed by atoms with Crippen molar-refractivity contribution in [3.63, 3.8) is 0 Å². The highest BCUT2D eigenvalue weighted by Crippen LogP contribution is 2.15. The van der Waals surface area contributed by atoms with E-state index in [9.17, 15) is 21.6 Å². The summed E-state index contributed by atoms with van der Waals surface area (Å²) in [5.74, 6) is -0.417. The van der Waals surface area contributed by atoms with Crippen LogP contribution < -0.4 is 5.32 Å². The summed E-state index contributed by atoms with van der Waals surface area (Å²) in [6, 6.07) is 8.06. The Labute approximate surface area is 173 Å². The van der Waals surface area contributed by atoms with Crippen molar-refractivity contribution in [1.82, 2.24) is 5.32 Å². The molecule has 29 heavy (non-hydrogen) atoms. The van der Waals surface area contributed by atoms with Crippen LogP contribution in [0.3, 0.4) is 0 Å². The predicted molar refractivity (Wildman–Crippen MR) is 108 cm³/mol. The summed E-state index contributed by atoms with van der Waals surface area (Å²) in [7, 11) is -7.62. The monoisotopic (exact) mass is 451 g/mol. The molecule has 0 saturated heterocycles. The van der Waals surface area contributed by atoms with Gasteiger partial charge in [-0.15, -0.1) is 0 Å². The quantitative estimate of drug-likeness (QED) is 0.507. The molecular weight excluding hydrogens is 422 g/mol. The second kappa shape index (κ2) is 10.9. The molecule has 1 N–H and O–H groups in total. The lowest BCUT2D eigenvalue weighted by atomic mass is 9.99. The van der Waals surface area contributed by atoms with Crippen molar-refractivity contribution in [2.24, 2.45) is 5.41 Å². The minimum atomic E-state index is -3.85. The van der Waals surface area contributed by atoms with E-state index in [4.69, 9.17) is 13.1 Å². The molecule has 1 unspecified atom stereocenters. The van der Waals surface area contributed by atoms with E-state index in [-0.39, 0.29) is 25.0 Å². The van der Waals surface area contributed by atoms with Gasteiger partial charge in [0.2, 0.25) is 0 Å². The maximum absolute atomic E-state index is 12.1. The Bertz CT molecular complexity index is 846. The standard InChI is InChI=1S/C18H29NO8S2/c1-18(2,3)14-27-29(23,24)11-10-16(13-26-28(4,21)22)19-17(20)25-12-15-8-6-5-7-9-15/h5-9,16H,10-14H2,1-4H3,(H,19,20). The molecule has 0 saturated carbocycles. The van der Waals surface area contributed by atoms with E-state index in [0.717, 1.165) is 11.8 Å². The zero-order valence-corrected chi connectivity index (χ0v) is 18.7. The first-order valence-electron chi connectivity index (χ1n) is 8.94. The summed E-state index contributed by atoms with van der Waals surface area (Å²) in [6.07, 6.45) is -0.0624. The maximum Gasteiger partial charge on any atom is 0.407 e. The van der Waals surface area contributed by atoms with Crippen molar-refractivity contribution in [2.45, 2.75) is 39.8 Å². The van der Waals surface area contributed by atoms with E-state index in [1.165, 1.54) is 0 Å². The first-order valence-corrected chi connectivity index (χ1v) is 12.3. The van der Waals surface area contributed by atoms with Crippen molar-refractivity contribution >= 4 is 26.3 Å². The van der Waals surface area contributed by atoms with E-state index < -0.39 is 44.7 Å². The van der Waals surface area contributed by atoms with Gasteiger partial charge < -0.3 is 10.1 Å². The van der Waals surface area contributed by atoms with Crippen LogP contribution in [0.25, 0.3) is 0 Å². The average molecular weight is 452 g/mol. The number of hydrogen-bond acceptors (Lipinski definition) is 8. The van der Waals surface area contributed by atoms with Crippen molar-refractivity contribution in [3.8, 4) is 0 Å². The maximum atomic E-state index is 12.1. The molecule has 9 nitrogen and oxygen atoms in total. The van der Waals surface area contributed by atoms with Gasteiger partial charge in [-0.05, 0) is 17.4 Å². The molecule has 1 aromatic rings. The molecule has 0 spiro atoms. The fraction of sp³-hybridized carbons (Fsp3) is 0.611. The van der Waals surface area contributed by atoms with Gasteiger partial charge in [-0.1, -0.05) is 51.1 Å². The Morgan fingerprint density at radius 3 is 2.24 bits per heavy atom. The number of ether oxygens (including phenoxy) is 1. The zero-order chi connectivity index (χ0) is 22.1. The largest absolute Gasteiger partial charge is 0.445 e. The SMILES string of the molecule is CC(C)(C)COS(=O)(=O)CCC(COS(C)(=O)=O)NC(=O)OCc1ccccc1. The number of amides is 1. The van der Waals surface area contributed by atoms with Crippen molar-refractivity contribution in [2.75, 3.05) is 25.2 Å². The van der Waals surface area contributed by atoms with Crippen LogP contribution in [-0.4, -0.2) is 54.2 Å². The summed E-state index contributed by atoms with van der Waals surface area (Å²) in [5.41, 5.74) is 0.426. The van der Waals surface area contributed by atoms with Crippen LogP contribution in [0.2, 0.25) is 0 Å². The zero-order valence-electron chi connectivity index (χ0n) is 17.1. The Balaban J connectivity index is 2.63. The van der Waals surface area contributed by atoms with Crippen LogP contribution in [0.1, 0.15) is 32.8 Å². The summed E-state index contributed by atoms with van der Waals surface area (Å²) in [4.78, 5) is 12.0. The minimum Gasteiger partial charge on any atom is -0.445 e. The first kappa shape index (κ1) is 25.3. The van der Waals surface area contributed by atoms with Gasteiger partial charge in [0.15, 0.2) is 0 Å². The fourth-order valence-electron chi connectivity index (χ4n) is 1.95. The summed E-state index contributed by atoms with van der Waals surface area (Å²) in [6.45, 7) is 5.08. The molecule has 0 aliphatic rings. The Morgan fingerprint density at radius 1 is 1.07 bits per heavy atom. The van der Waals surface area contributed by atoms with E-state index in [2.05, 4.69) is 5.32 Å². The van der Waals surface area contributed by atoms with E-state index in [0.29, 0.717) is 0 Å². The van der Waals surface area contributed by atoms with Crippen LogP contribution in [0.4, 0.5) is 4.79 Å². The van der Waals surface area contributed by atoms with Gasteiger partial charge in [-0.2, -0.15) is 16.8 Å². The first-order chi connectivity index (χ1) is 13.3. The van der Waals surface area contributed by atoms with Gasteiger partial charge in [0, 0.05) is 0 Å². The third kappa shape index (κ3) is 13.2. The molecule has 1 aromatic carbocycles. The van der Waals surface area contributed by atoms with E-state index in [1.807, 2.05) is 26.8 Å². The van der Waals surface area contributed by atoms with Gasteiger partial charge in [0.05, 0.1) is 31.3 Å². The van der Waals surface area contributed by atoms with E-state index in [1.54, 1.807) is 24.3 Å². The van der Waals surface area contributed by atoms with Crippen molar-refractivity contribution < 1.29 is 34.7 Å². The summed E-state index contributed by atoms with van der Waals surface area (Å²) < 4.78 is 61.3. The lowest BCUT2D eigenvalue weighted by Gasteiger charge is -2.20. The molecule has 1 atom stereocenters. The number of carbonyl (C=O) groups is 1. The highest BCUT2D eigenvalue weighted by molar-refractivity contribution is 7.86. The minimum absolute atomic E-state index is 0.00633. The smallest absolute Gasteiger partial charge is 0.407 e. The molecule has 0 aliphatic heterocycles. The summed E-state index contributed by atoms with van der Waals surface area (Å²) in [5, 5.41) is 2.43. The van der Waals surface area contributed by atoms with Gasteiger partial charge in [-0.25, -0.2) is 4.79 Å². The van der Waals surface area contributed by atoms with Gasteiger partial charge in [0.25, 0.3) is 20.2 Å². The average Bonchev–Trinajstić information content (AvgIpc) is 2.60. The van der Waals surface area contributed by atoms with Crippen LogP contribution in [0.5, 0.6) is 0 Å². The third-order valence-corrected chi connectivity index (χ3v) is 5.18. The van der Waals surface area contributed by atoms with Crippen LogP contribution in [0, 0.1) is 5.41 Å². The Morgan fingerprint density at radius 2 is 1.69 bits per heavy atom. The fourth-order valence-corrected chi connectivity index (χ4v) is 3.58. The van der Waals surface area contributed by atoms with Crippen molar-refractivity contribution in [3.05, 3.63) is 35.9 Å². The molecule has 0 fully saturated rings. The van der Waals surface area contributed by atoms with E-state index >= 15 is 0 Å². The lowest BCUT2D eigenvalue weighted by Crippen LogP contribution is -2.40. The number of benzene rings is 1. The highest BCUT2D eigenvalue weighted by Gasteiger charge is 2.22. The van der Waals surface area contributed by atoms with Crippen molar-refractivity contribution in [1.29, 1.82) is 0 Å². The molecule has 0 aliphatic carbocycles. The Hall–Kier alpha value is -1.69. The second-order valence-electron chi connectivity index (χ2n) is 7.76.